The van der Waals surface area contributed by atoms with Gasteiger partial charge >= 0.3 is 0 Å². The van der Waals surface area contributed by atoms with Crippen molar-refractivity contribution in [2.45, 2.75) is 90.4 Å². The lowest BCUT2D eigenvalue weighted by atomic mass is 9.69. The van der Waals surface area contributed by atoms with Gasteiger partial charge in [0.05, 0.1) is 6.33 Å². The predicted molar refractivity (Wildman–Crippen MR) is 106 cm³/mol. The zero-order valence-electron chi connectivity index (χ0n) is 16.3. The van der Waals surface area contributed by atoms with Crippen LogP contribution in [0.15, 0.2) is 24.6 Å². The van der Waals surface area contributed by atoms with Gasteiger partial charge in [0.1, 0.15) is 0 Å². The van der Waals surface area contributed by atoms with Gasteiger partial charge in [-0.25, -0.2) is 4.39 Å². The van der Waals surface area contributed by atoms with Crippen molar-refractivity contribution in [1.82, 2.24) is 0 Å². The van der Waals surface area contributed by atoms with E-state index in [2.05, 4.69) is 19.1 Å². The van der Waals surface area contributed by atoms with E-state index in [0.717, 1.165) is 48.3 Å². The maximum atomic E-state index is 12.1. The molecule has 0 radical (unpaired) electrons. The van der Waals surface area contributed by atoms with Crippen molar-refractivity contribution in [3.05, 3.63) is 24.6 Å². The van der Waals surface area contributed by atoms with Gasteiger partial charge in [0.25, 0.3) is 0 Å². The van der Waals surface area contributed by atoms with Crippen molar-refractivity contribution in [2.75, 3.05) is 0 Å². The molecule has 3 fully saturated rings. The molecule has 1 heteroatoms. The quantitative estimate of drug-likeness (QED) is 0.444. The Balaban J connectivity index is 1.34. The van der Waals surface area contributed by atoms with Crippen LogP contribution in [0.5, 0.6) is 0 Å². The van der Waals surface area contributed by atoms with Gasteiger partial charge in [-0.1, -0.05) is 38.0 Å². The van der Waals surface area contributed by atoms with Crippen molar-refractivity contribution in [3.63, 3.8) is 0 Å². The summed E-state index contributed by atoms with van der Waals surface area (Å²) in [6.45, 7) is 2.43. The first-order chi connectivity index (χ1) is 12.2. The Labute approximate surface area is 155 Å². The normalized spacial score (nSPS) is 40.7. The van der Waals surface area contributed by atoms with Crippen LogP contribution >= 0.6 is 0 Å². The Morgan fingerprint density at radius 3 is 1.68 bits per heavy atom. The Morgan fingerprint density at radius 2 is 1.16 bits per heavy atom. The number of hydrogen-bond acceptors (Lipinski definition) is 0. The van der Waals surface area contributed by atoms with Gasteiger partial charge in [-0.15, -0.1) is 0 Å². The van der Waals surface area contributed by atoms with Crippen molar-refractivity contribution in [3.8, 4) is 0 Å². The van der Waals surface area contributed by atoms with Gasteiger partial charge in [-0.05, 0) is 106 Å². The van der Waals surface area contributed by atoms with E-state index in [1.165, 1.54) is 77.0 Å². The molecule has 25 heavy (non-hydrogen) atoms. The molecule has 142 valence electrons. The fraction of sp³-hybridized carbons (Fsp3) is 0.833. The molecule has 0 atom stereocenters. The van der Waals surface area contributed by atoms with Gasteiger partial charge in [0.15, 0.2) is 0 Å². The first-order valence-electron chi connectivity index (χ1n) is 11.2. The minimum absolute atomic E-state index is 0.718. The maximum Gasteiger partial charge on any atom is 0.0827 e. The largest absolute Gasteiger partial charge is 0.216 e. The smallest absolute Gasteiger partial charge is 0.0827 e. The lowest BCUT2D eigenvalue weighted by Crippen LogP contribution is -2.24. The summed E-state index contributed by atoms with van der Waals surface area (Å²) >= 11 is 0. The molecule has 0 nitrogen and oxygen atoms in total. The molecular weight excluding hydrogens is 307 g/mol. The summed E-state index contributed by atoms with van der Waals surface area (Å²) in [5, 5.41) is 0. The molecule has 0 saturated heterocycles. The highest BCUT2D eigenvalue weighted by atomic mass is 19.1. The van der Waals surface area contributed by atoms with Crippen molar-refractivity contribution >= 4 is 0 Å². The summed E-state index contributed by atoms with van der Waals surface area (Å²) in [5.41, 5.74) is 0. The summed E-state index contributed by atoms with van der Waals surface area (Å²) in [4.78, 5) is 0. The second-order valence-electron chi connectivity index (χ2n) is 9.46. The fourth-order valence-corrected chi connectivity index (χ4v) is 5.74. The topological polar surface area (TPSA) is 0 Å². The molecule has 0 unspecified atom stereocenters. The molecule has 0 aliphatic heterocycles. The number of hydrogen-bond donors (Lipinski definition) is 0. The van der Waals surface area contributed by atoms with Crippen LogP contribution in [-0.4, -0.2) is 0 Å². The minimum atomic E-state index is 0.718. The average molecular weight is 347 g/mol. The monoisotopic (exact) mass is 346 g/mol. The van der Waals surface area contributed by atoms with E-state index in [4.69, 9.17) is 0 Å². The van der Waals surface area contributed by atoms with Crippen LogP contribution in [0.2, 0.25) is 0 Å². The molecule has 3 saturated carbocycles. The van der Waals surface area contributed by atoms with E-state index in [9.17, 15) is 4.39 Å². The maximum absolute atomic E-state index is 12.1. The van der Waals surface area contributed by atoms with Gasteiger partial charge in [-0.3, -0.25) is 0 Å². The van der Waals surface area contributed by atoms with Crippen LogP contribution < -0.4 is 0 Å². The molecule has 0 heterocycles. The lowest BCUT2D eigenvalue weighted by Gasteiger charge is -2.36. The third-order valence-corrected chi connectivity index (χ3v) is 7.65. The number of halogens is 1. The number of allylic oxidation sites excluding steroid dienone is 3. The zero-order valence-corrected chi connectivity index (χ0v) is 16.3. The van der Waals surface area contributed by atoms with Crippen LogP contribution in [0, 0.1) is 35.5 Å². The van der Waals surface area contributed by atoms with Crippen molar-refractivity contribution < 1.29 is 4.39 Å². The van der Waals surface area contributed by atoms with Gasteiger partial charge in [-0.2, -0.15) is 0 Å². The highest BCUT2D eigenvalue weighted by Gasteiger charge is 2.29. The van der Waals surface area contributed by atoms with Crippen molar-refractivity contribution in [2.24, 2.45) is 35.5 Å². The summed E-state index contributed by atoms with van der Waals surface area (Å²) in [5.74, 6) is 5.45. The van der Waals surface area contributed by atoms with Crippen LogP contribution in [0.1, 0.15) is 90.4 Å². The Hall–Kier alpha value is -0.590. The van der Waals surface area contributed by atoms with E-state index in [-0.39, 0.29) is 0 Å². The predicted octanol–water partition coefficient (Wildman–Crippen LogP) is 7.86. The van der Waals surface area contributed by atoms with E-state index in [1.54, 1.807) is 6.08 Å². The van der Waals surface area contributed by atoms with Crippen molar-refractivity contribution in [1.29, 1.82) is 0 Å². The highest BCUT2D eigenvalue weighted by Crippen LogP contribution is 2.41. The Bertz CT molecular complexity index is 413. The molecule has 3 rings (SSSR count). The third-order valence-electron chi connectivity index (χ3n) is 7.65. The van der Waals surface area contributed by atoms with Gasteiger partial charge < -0.3 is 0 Å². The first kappa shape index (κ1) is 19.2. The average Bonchev–Trinajstić information content (AvgIpc) is 2.67. The summed E-state index contributed by atoms with van der Waals surface area (Å²) in [7, 11) is 0. The summed E-state index contributed by atoms with van der Waals surface area (Å²) in [6, 6.07) is 0. The molecule has 0 N–H and O–H groups in total. The van der Waals surface area contributed by atoms with Gasteiger partial charge in [0, 0.05) is 0 Å². The fourth-order valence-electron chi connectivity index (χ4n) is 5.74. The third kappa shape index (κ3) is 5.97. The minimum Gasteiger partial charge on any atom is -0.216 e. The van der Waals surface area contributed by atoms with Crippen LogP contribution in [0.4, 0.5) is 4.39 Å². The first-order valence-corrected chi connectivity index (χ1v) is 11.2. The SMILES string of the molecule is CC1CCC(C2CCC(C=CC3CCC(C/C=C/F)CC3)CC2)CC1. The highest BCUT2D eigenvalue weighted by molar-refractivity contribution is 4.97. The summed E-state index contributed by atoms with van der Waals surface area (Å²) < 4.78 is 12.1. The van der Waals surface area contributed by atoms with E-state index in [1.807, 2.05) is 0 Å². The van der Waals surface area contributed by atoms with E-state index in [0.29, 0.717) is 0 Å². The molecule has 0 bridgehead atoms. The van der Waals surface area contributed by atoms with Crippen LogP contribution in [0.3, 0.4) is 0 Å². The standard InChI is InChI=1S/C24H39F/c1-19-4-14-23(15-5-19)24-16-12-22(13-17-24)11-10-21-8-6-20(7-9-21)3-2-18-25/h2,10-11,18-24H,3-9,12-17H2,1H3/b11-10?,18-2+. The molecule has 0 aromatic rings. The van der Waals surface area contributed by atoms with Gasteiger partial charge in [0.2, 0.25) is 0 Å². The Kier molecular flexibility index (Phi) is 7.62. The molecular formula is C24H39F. The molecule has 0 aromatic heterocycles. The van der Waals surface area contributed by atoms with Crippen LogP contribution in [0.25, 0.3) is 0 Å². The van der Waals surface area contributed by atoms with E-state index >= 15 is 0 Å². The number of rotatable bonds is 5. The molecule has 0 spiro atoms. The second-order valence-corrected chi connectivity index (χ2v) is 9.46. The molecule has 0 amide bonds. The van der Waals surface area contributed by atoms with Crippen LogP contribution in [-0.2, 0) is 0 Å². The second kappa shape index (κ2) is 9.93. The Morgan fingerprint density at radius 1 is 0.680 bits per heavy atom. The summed E-state index contributed by atoms with van der Waals surface area (Å²) in [6.07, 6.45) is 25.5. The molecule has 0 aromatic carbocycles. The molecule has 3 aliphatic carbocycles. The lowest BCUT2D eigenvalue weighted by molar-refractivity contribution is 0.160. The van der Waals surface area contributed by atoms with E-state index < -0.39 is 0 Å². The molecule has 3 aliphatic rings. The zero-order chi connectivity index (χ0) is 17.5.